The van der Waals surface area contributed by atoms with E-state index in [9.17, 15) is 0 Å². The van der Waals surface area contributed by atoms with Gasteiger partial charge in [-0.1, -0.05) is 23.9 Å². The van der Waals surface area contributed by atoms with Crippen molar-refractivity contribution in [3.63, 3.8) is 0 Å². The van der Waals surface area contributed by atoms with E-state index in [-0.39, 0.29) is 6.04 Å². The Morgan fingerprint density at radius 1 is 1.14 bits per heavy atom. The molecule has 1 aliphatic rings. The molecule has 0 radical (unpaired) electrons. The minimum Gasteiger partial charge on any atom is -0.496 e. The molecular formula is C18H21NOS. The molecule has 0 unspecified atom stereocenters. The van der Waals surface area contributed by atoms with Crippen LogP contribution in [0.5, 0.6) is 5.75 Å². The van der Waals surface area contributed by atoms with Crippen LogP contribution in [0.2, 0.25) is 0 Å². The van der Waals surface area contributed by atoms with E-state index >= 15 is 0 Å². The third kappa shape index (κ3) is 2.94. The summed E-state index contributed by atoms with van der Waals surface area (Å²) in [5, 5.41) is 0. The highest BCUT2D eigenvalue weighted by molar-refractivity contribution is 7.99. The highest BCUT2D eigenvalue weighted by Crippen LogP contribution is 2.38. The zero-order valence-corrected chi connectivity index (χ0v) is 13.4. The van der Waals surface area contributed by atoms with E-state index in [4.69, 9.17) is 10.5 Å². The molecule has 21 heavy (non-hydrogen) atoms. The van der Waals surface area contributed by atoms with Gasteiger partial charge in [-0.15, -0.1) is 0 Å². The fourth-order valence-corrected chi connectivity index (χ4v) is 4.11. The Hall–Kier alpha value is -1.45. The smallest absolute Gasteiger partial charge is 0.124 e. The van der Waals surface area contributed by atoms with Crippen LogP contribution < -0.4 is 10.5 Å². The van der Waals surface area contributed by atoms with E-state index in [0.717, 1.165) is 11.3 Å². The van der Waals surface area contributed by atoms with E-state index in [2.05, 4.69) is 24.3 Å². The minimum atomic E-state index is -0.0434. The maximum atomic E-state index is 6.14. The first kappa shape index (κ1) is 14.5. The lowest BCUT2D eigenvalue weighted by molar-refractivity contribution is 0.405. The standard InChI is InChI=1S/C18H21NOS/c1-12(19)18-16(20-2)7-4-8-17(18)21-15-10-9-13-5-3-6-14(13)11-15/h4,7-12H,3,5-6,19H2,1-2H3/t12-/m0/s1. The molecule has 3 heteroatoms. The van der Waals surface area contributed by atoms with Crippen LogP contribution in [0, 0.1) is 0 Å². The molecular weight excluding hydrogens is 278 g/mol. The van der Waals surface area contributed by atoms with Gasteiger partial charge in [0.1, 0.15) is 5.75 Å². The zero-order chi connectivity index (χ0) is 14.8. The second-order valence-corrected chi connectivity index (χ2v) is 6.66. The second-order valence-electron chi connectivity index (χ2n) is 5.55. The van der Waals surface area contributed by atoms with E-state index in [1.54, 1.807) is 18.9 Å². The Balaban J connectivity index is 1.94. The van der Waals surface area contributed by atoms with Crippen LogP contribution in [0.4, 0.5) is 0 Å². The van der Waals surface area contributed by atoms with Gasteiger partial charge in [-0.25, -0.2) is 0 Å². The van der Waals surface area contributed by atoms with Gasteiger partial charge in [0.2, 0.25) is 0 Å². The van der Waals surface area contributed by atoms with Crippen molar-refractivity contribution in [2.24, 2.45) is 5.73 Å². The summed E-state index contributed by atoms with van der Waals surface area (Å²) in [4.78, 5) is 2.47. The van der Waals surface area contributed by atoms with Gasteiger partial charge in [-0.05, 0) is 61.6 Å². The number of benzene rings is 2. The Bertz CT molecular complexity index is 652. The number of aryl methyl sites for hydroxylation is 2. The molecule has 0 aromatic heterocycles. The molecule has 1 atom stereocenters. The molecule has 2 aromatic rings. The summed E-state index contributed by atoms with van der Waals surface area (Å²) in [5.41, 5.74) is 10.2. The summed E-state index contributed by atoms with van der Waals surface area (Å²) in [7, 11) is 1.70. The van der Waals surface area contributed by atoms with Crippen molar-refractivity contribution >= 4 is 11.8 Å². The molecule has 2 nitrogen and oxygen atoms in total. The number of methoxy groups -OCH3 is 1. The number of nitrogens with two attached hydrogens (primary N) is 1. The summed E-state index contributed by atoms with van der Waals surface area (Å²) in [5.74, 6) is 0.871. The molecule has 0 aliphatic heterocycles. The van der Waals surface area contributed by atoms with Crippen LogP contribution in [0.3, 0.4) is 0 Å². The largest absolute Gasteiger partial charge is 0.496 e. The van der Waals surface area contributed by atoms with Gasteiger partial charge in [0, 0.05) is 21.4 Å². The lowest BCUT2D eigenvalue weighted by Crippen LogP contribution is -2.08. The Labute approximate surface area is 130 Å². The molecule has 0 fully saturated rings. The van der Waals surface area contributed by atoms with Gasteiger partial charge in [-0.3, -0.25) is 0 Å². The van der Waals surface area contributed by atoms with Gasteiger partial charge >= 0.3 is 0 Å². The number of fused-ring (bicyclic) bond motifs is 1. The van der Waals surface area contributed by atoms with Crippen molar-refractivity contribution in [3.05, 3.63) is 53.1 Å². The predicted octanol–water partition coefficient (Wildman–Crippen LogP) is 4.35. The van der Waals surface area contributed by atoms with E-state index < -0.39 is 0 Å². The lowest BCUT2D eigenvalue weighted by atomic mass is 10.1. The molecule has 0 saturated carbocycles. The van der Waals surface area contributed by atoms with Crippen LogP contribution in [-0.2, 0) is 12.8 Å². The molecule has 3 rings (SSSR count). The van der Waals surface area contributed by atoms with Gasteiger partial charge in [0.15, 0.2) is 0 Å². The van der Waals surface area contributed by atoms with Crippen molar-refractivity contribution in [1.82, 2.24) is 0 Å². The maximum Gasteiger partial charge on any atom is 0.124 e. The molecule has 1 aliphatic carbocycles. The second kappa shape index (κ2) is 6.12. The minimum absolute atomic E-state index is 0.0434. The molecule has 0 heterocycles. The Morgan fingerprint density at radius 2 is 1.95 bits per heavy atom. The molecule has 0 bridgehead atoms. The Morgan fingerprint density at radius 3 is 2.71 bits per heavy atom. The van der Waals surface area contributed by atoms with Crippen molar-refractivity contribution in [1.29, 1.82) is 0 Å². The molecule has 0 saturated heterocycles. The summed E-state index contributed by atoms with van der Waals surface area (Å²) in [6, 6.07) is 12.9. The molecule has 0 spiro atoms. The first-order valence-electron chi connectivity index (χ1n) is 7.41. The van der Waals surface area contributed by atoms with Gasteiger partial charge in [0.05, 0.1) is 7.11 Å². The van der Waals surface area contributed by atoms with Crippen LogP contribution in [0.15, 0.2) is 46.2 Å². The van der Waals surface area contributed by atoms with E-state index in [0.29, 0.717) is 0 Å². The zero-order valence-electron chi connectivity index (χ0n) is 12.6. The van der Waals surface area contributed by atoms with Crippen LogP contribution in [-0.4, -0.2) is 7.11 Å². The van der Waals surface area contributed by atoms with E-state index in [1.807, 2.05) is 19.1 Å². The summed E-state index contributed by atoms with van der Waals surface area (Å²) < 4.78 is 5.47. The summed E-state index contributed by atoms with van der Waals surface area (Å²) in [6.45, 7) is 2.00. The van der Waals surface area contributed by atoms with Gasteiger partial charge in [-0.2, -0.15) is 0 Å². The maximum absolute atomic E-state index is 6.14. The molecule has 0 amide bonds. The highest BCUT2D eigenvalue weighted by atomic mass is 32.2. The van der Waals surface area contributed by atoms with Gasteiger partial charge in [0.25, 0.3) is 0 Å². The molecule has 110 valence electrons. The lowest BCUT2D eigenvalue weighted by Gasteiger charge is -2.16. The monoisotopic (exact) mass is 299 g/mol. The van der Waals surface area contributed by atoms with Crippen molar-refractivity contribution in [2.45, 2.75) is 42.0 Å². The van der Waals surface area contributed by atoms with Crippen molar-refractivity contribution in [3.8, 4) is 5.75 Å². The molecule has 2 N–H and O–H groups in total. The highest BCUT2D eigenvalue weighted by Gasteiger charge is 2.16. The van der Waals surface area contributed by atoms with Crippen LogP contribution >= 0.6 is 11.8 Å². The van der Waals surface area contributed by atoms with Crippen molar-refractivity contribution < 1.29 is 4.74 Å². The third-order valence-corrected chi connectivity index (χ3v) is 5.06. The number of hydrogen-bond donors (Lipinski definition) is 1. The third-order valence-electron chi connectivity index (χ3n) is 4.00. The van der Waals surface area contributed by atoms with Crippen LogP contribution in [0.25, 0.3) is 0 Å². The first-order chi connectivity index (χ1) is 10.2. The quantitative estimate of drug-likeness (QED) is 0.911. The summed E-state index contributed by atoms with van der Waals surface area (Å²) in [6.07, 6.45) is 3.72. The summed E-state index contributed by atoms with van der Waals surface area (Å²) >= 11 is 1.78. The molecule has 2 aromatic carbocycles. The average Bonchev–Trinajstić information content (AvgIpc) is 2.94. The topological polar surface area (TPSA) is 35.2 Å². The first-order valence-corrected chi connectivity index (χ1v) is 8.23. The van der Waals surface area contributed by atoms with Crippen molar-refractivity contribution in [2.75, 3.05) is 7.11 Å². The van der Waals surface area contributed by atoms with E-state index in [1.165, 1.54) is 40.2 Å². The van der Waals surface area contributed by atoms with Gasteiger partial charge < -0.3 is 10.5 Å². The fraction of sp³-hybridized carbons (Fsp3) is 0.333. The SMILES string of the molecule is COc1cccc(Sc2ccc3c(c2)CCC3)c1[C@H](C)N. The average molecular weight is 299 g/mol. The number of ether oxygens (including phenoxy) is 1. The fourth-order valence-electron chi connectivity index (χ4n) is 2.98. The predicted molar refractivity (Wildman–Crippen MR) is 88.2 cm³/mol. The normalized spacial score (nSPS) is 14.8. The number of hydrogen-bond acceptors (Lipinski definition) is 3. The Kier molecular flexibility index (Phi) is 4.22. The number of rotatable bonds is 4. The van der Waals surface area contributed by atoms with Crippen LogP contribution in [0.1, 0.15) is 36.1 Å².